The molecule has 4 heteroatoms. The minimum Gasteiger partial charge on any atom is -0.481 e. The third-order valence-electron chi connectivity index (χ3n) is 2.47. The SMILES string of the molecule is O=C(O)C/C=C/C(=O)N1CCCCCC1. The van der Waals surface area contributed by atoms with Crippen LogP contribution >= 0.6 is 0 Å². The van der Waals surface area contributed by atoms with E-state index in [2.05, 4.69) is 0 Å². The van der Waals surface area contributed by atoms with E-state index in [1.807, 2.05) is 0 Å². The summed E-state index contributed by atoms with van der Waals surface area (Å²) in [5.74, 6) is -0.965. The summed E-state index contributed by atoms with van der Waals surface area (Å²) in [6.07, 6.45) is 7.18. The first-order chi connectivity index (χ1) is 7.20. The lowest BCUT2D eigenvalue weighted by Gasteiger charge is -2.17. The number of aliphatic carboxylic acids is 1. The van der Waals surface area contributed by atoms with Crippen LogP contribution in [0, 0.1) is 0 Å². The zero-order chi connectivity index (χ0) is 11.1. The molecular weight excluding hydrogens is 194 g/mol. The average molecular weight is 211 g/mol. The van der Waals surface area contributed by atoms with E-state index in [-0.39, 0.29) is 12.3 Å². The molecular formula is C11H17NO3. The summed E-state index contributed by atoms with van der Waals surface area (Å²) in [4.78, 5) is 23.6. The van der Waals surface area contributed by atoms with Gasteiger partial charge in [-0.25, -0.2) is 0 Å². The number of carboxylic acid groups (broad SMARTS) is 1. The first-order valence-corrected chi connectivity index (χ1v) is 5.37. The lowest BCUT2D eigenvalue weighted by atomic mass is 10.2. The molecule has 0 unspecified atom stereocenters. The first kappa shape index (κ1) is 11.8. The number of nitrogens with zero attached hydrogens (tertiary/aromatic N) is 1. The summed E-state index contributed by atoms with van der Waals surface area (Å²) < 4.78 is 0. The van der Waals surface area contributed by atoms with Crippen LogP contribution in [0.15, 0.2) is 12.2 Å². The molecule has 0 spiro atoms. The zero-order valence-electron chi connectivity index (χ0n) is 8.82. The van der Waals surface area contributed by atoms with E-state index >= 15 is 0 Å². The highest BCUT2D eigenvalue weighted by molar-refractivity contribution is 5.88. The van der Waals surface area contributed by atoms with Crippen LogP contribution in [-0.2, 0) is 9.59 Å². The number of hydrogen-bond acceptors (Lipinski definition) is 2. The molecule has 0 bridgehead atoms. The number of likely N-dealkylation sites (tertiary alicyclic amines) is 1. The van der Waals surface area contributed by atoms with Gasteiger partial charge in [0.15, 0.2) is 0 Å². The van der Waals surface area contributed by atoms with Gasteiger partial charge in [-0.3, -0.25) is 9.59 Å². The van der Waals surface area contributed by atoms with Gasteiger partial charge in [0.2, 0.25) is 5.91 Å². The number of carbonyl (C=O) groups excluding carboxylic acids is 1. The molecule has 15 heavy (non-hydrogen) atoms. The summed E-state index contributed by atoms with van der Waals surface area (Å²) in [6.45, 7) is 1.60. The van der Waals surface area contributed by atoms with Crippen LogP contribution in [0.25, 0.3) is 0 Å². The van der Waals surface area contributed by atoms with Gasteiger partial charge in [0, 0.05) is 13.1 Å². The van der Waals surface area contributed by atoms with E-state index in [4.69, 9.17) is 5.11 Å². The molecule has 0 aromatic rings. The van der Waals surface area contributed by atoms with E-state index in [1.165, 1.54) is 25.0 Å². The Kier molecular flexibility index (Phi) is 4.87. The third kappa shape index (κ3) is 4.63. The average Bonchev–Trinajstić information content (AvgIpc) is 2.44. The van der Waals surface area contributed by atoms with Gasteiger partial charge in [-0.1, -0.05) is 18.9 Å². The van der Waals surface area contributed by atoms with Crippen molar-refractivity contribution in [2.45, 2.75) is 32.1 Å². The number of hydrogen-bond donors (Lipinski definition) is 1. The summed E-state index contributed by atoms with van der Waals surface area (Å²) in [5, 5.41) is 8.41. The fourth-order valence-corrected chi connectivity index (χ4v) is 1.66. The van der Waals surface area contributed by atoms with E-state index in [0.29, 0.717) is 0 Å². The van der Waals surface area contributed by atoms with Crippen molar-refractivity contribution in [1.29, 1.82) is 0 Å². The Balaban J connectivity index is 2.37. The fourth-order valence-electron chi connectivity index (χ4n) is 1.66. The molecule has 1 saturated heterocycles. The molecule has 1 amide bonds. The molecule has 84 valence electrons. The largest absolute Gasteiger partial charge is 0.481 e. The van der Waals surface area contributed by atoms with Gasteiger partial charge in [0.1, 0.15) is 0 Å². The molecule has 0 aromatic carbocycles. The Labute approximate surface area is 89.6 Å². The van der Waals surface area contributed by atoms with Crippen molar-refractivity contribution >= 4 is 11.9 Å². The van der Waals surface area contributed by atoms with Crippen molar-refractivity contribution < 1.29 is 14.7 Å². The van der Waals surface area contributed by atoms with Gasteiger partial charge in [-0.05, 0) is 18.9 Å². The van der Waals surface area contributed by atoms with E-state index < -0.39 is 5.97 Å². The molecule has 1 fully saturated rings. The maximum Gasteiger partial charge on any atom is 0.307 e. The lowest BCUT2D eigenvalue weighted by molar-refractivity contribution is -0.136. The van der Waals surface area contributed by atoms with Crippen LogP contribution in [-0.4, -0.2) is 35.0 Å². The normalized spacial score (nSPS) is 17.7. The zero-order valence-corrected chi connectivity index (χ0v) is 8.82. The maximum atomic E-state index is 11.6. The molecule has 1 heterocycles. The highest BCUT2D eigenvalue weighted by atomic mass is 16.4. The predicted octanol–water partition coefficient (Wildman–Crippen LogP) is 1.42. The van der Waals surface area contributed by atoms with Gasteiger partial charge in [-0.2, -0.15) is 0 Å². The van der Waals surface area contributed by atoms with Crippen LogP contribution in [0.2, 0.25) is 0 Å². The van der Waals surface area contributed by atoms with Crippen molar-refractivity contribution in [3.05, 3.63) is 12.2 Å². The van der Waals surface area contributed by atoms with Crippen LogP contribution in [0.4, 0.5) is 0 Å². The Morgan fingerprint density at radius 2 is 1.73 bits per heavy atom. The quantitative estimate of drug-likeness (QED) is 0.718. The van der Waals surface area contributed by atoms with Gasteiger partial charge < -0.3 is 10.0 Å². The fraction of sp³-hybridized carbons (Fsp3) is 0.636. The second kappa shape index (κ2) is 6.22. The van der Waals surface area contributed by atoms with Gasteiger partial charge >= 0.3 is 5.97 Å². The Bertz CT molecular complexity index is 253. The Morgan fingerprint density at radius 1 is 1.13 bits per heavy atom. The van der Waals surface area contributed by atoms with Crippen LogP contribution < -0.4 is 0 Å². The summed E-state index contributed by atoms with van der Waals surface area (Å²) in [5.41, 5.74) is 0. The standard InChI is InChI=1S/C11H17NO3/c13-10(6-5-7-11(14)15)12-8-3-1-2-4-9-12/h5-6H,1-4,7-9H2,(H,14,15)/b6-5+. The molecule has 4 nitrogen and oxygen atoms in total. The van der Waals surface area contributed by atoms with Crippen LogP contribution in [0.3, 0.4) is 0 Å². The van der Waals surface area contributed by atoms with Gasteiger partial charge in [-0.15, -0.1) is 0 Å². The molecule has 1 N–H and O–H groups in total. The predicted molar refractivity (Wildman–Crippen MR) is 56.4 cm³/mol. The number of carboxylic acids is 1. The molecule has 1 rings (SSSR count). The monoisotopic (exact) mass is 211 g/mol. The summed E-state index contributed by atoms with van der Waals surface area (Å²) in [7, 11) is 0. The van der Waals surface area contributed by atoms with Gasteiger partial charge in [0.25, 0.3) is 0 Å². The Hall–Kier alpha value is -1.32. The number of amides is 1. The molecule has 0 saturated carbocycles. The maximum absolute atomic E-state index is 11.6. The minimum absolute atomic E-state index is 0.0573. The highest BCUT2D eigenvalue weighted by Crippen LogP contribution is 2.09. The van der Waals surface area contributed by atoms with Crippen molar-refractivity contribution in [1.82, 2.24) is 4.90 Å². The lowest BCUT2D eigenvalue weighted by Crippen LogP contribution is -2.30. The summed E-state index contributed by atoms with van der Waals surface area (Å²) >= 11 is 0. The first-order valence-electron chi connectivity index (χ1n) is 5.37. The van der Waals surface area contributed by atoms with Gasteiger partial charge in [0.05, 0.1) is 6.42 Å². The van der Waals surface area contributed by atoms with Crippen molar-refractivity contribution in [3.8, 4) is 0 Å². The van der Waals surface area contributed by atoms with E-state index in [0.717, 1.165) is 25.9 Å². The van der Waals surface area contributed by atoms with Crippen molar-refractivity contribution in [2.24, 2.45) is 0 Å². The summed E-state index contributed by atoms with van der Waals surface area (Å²) in [6, 6.07) is 0. The molecule has 0 aromatic heterocycles. The smallest absolute Gasteiger partial charge is 0.307 e. The molecule has 1 aliphatic rings. The third-order valence-corrected chi connectivity index (χ3v) is 2.47. The van der Waals surface area contributed by atoms with Crippen molar-refractivity contribution in [3.63, 3.8) is 0 Å². The topological polar surface area (TPSA) is 57.6 Å². The number of rotatable bonds is 3. The highest BCUT2D eigenvalue weighted by Gasteiger charge is 2.12. The molecule has 0 aliphatic carbocycles. The molecule has 1 aliphatic heterocycles. The molecule has 0 atom stereocenters. The minimum atomic E-state index is -0.907. The Morgan fingerprint density at radius 3 is 2.27 bits per heavy atom. The van der Waals surface area contributed by atoms with Crippen molar-refractivity contribution in [2.75, 3.05) is 13.1 Å². The van der Waals surface area contributed by atoms with E-state index in [1.54, 1.807) is 4.90 Å². The van der Waals surface area contributed by atoms with Crippen LogP contribution in [0.5, 0.6) is 0 Å². The second-order valence-electron chi connectivity index (χ2n) is 3.74. The van der Waals surface area contributed by atoms with E-state index in [9.17, 15) is 9.59 Å². The second-order valence-corrected chi connectivity index (χ2v) is 3.74. The molecule has 0 radical (unpaired) electrons. The number of carbonyl (C=O) groups is 2. The van der Waals surface area contributed by atoms with Crippen LogP contribution in [0.1, 0.15) is 32.1 Å².